The van der Waals surface area contributed by atoms with E-state index in [1.807, 2.05) is 6.07 Å². The van der Waals surface area contributed by atoms with Gasteiger partial charge in [-0.2, -0.15) is 0 Å². The lowest BCUT2D eigenvalue weighted by molar-refractivity contribution is 0.0950. The maximum absolute atomic E-state index is 12.8. The van der Waals surface area contributed by atoms with E-state index in [0.29, 0.717) is 17.0 Å². The predicted octanol–water partition coefficient (Wildman–Crippen LogP) is 2.98. The van der Waals surface area contributed by atoms with Crippen LogP contribution in [0.3, 0.4) is 0 Å². The molecule has 4 nitrogen and oxygen atoms in total. The number of hydrogen-bond donors (Lipinski definition) is 1. The van der Waals surface area contributed by atoms with Crippen LogP contribution in [-0.2, 0) is 6.42 Å². The van der Waals surface area contributed by atoms with Gasteiger partial charge >= 0.3 is 0 Å². The maximum Gasteiger partial charge on any atom is 0.173 e. The molecule has 1 unspecified atom stereocenters. The molecule has 1 aliphatic carbocycles. The predicted molar refractivity (Wildman–Crippen MR) is 81.7 cm³/mol. The van der Waals surface area contributed by atoms with Crippen LogP contribution >= 0.6 is 0 Å². The number of nitrogen functional groups attached to an aromatic ring is 1. The number of carbonyl (C=O) groups is 1. The zero-order valence-electron chi connectivity index (χ0n) is 12.0. The molecular formula is C17H18N2O2. The fourth-order valence-corrected chi connectivity index (χ4v) is 2.94. The van der Waals surface area contributed by atoms with Gasteiger partial charge in [0.2, 0.25) is 0 Å². The number of benzene rings is 1. The number of anilines is 1. The number of nitrogens with two attached hydrogens (primary N) is 1. The second-order valence-electron chi connectivity index (χ2n) is 5.31. The molecule has 0 saturated carbocycles. The molecule has 0 bridgehead atoms. The van der Waals surface area contributed by atoms with Gasteiger partial charge in [0.1, 0.15) is 5.75 Å². The zero-order valence-corrected chi connectivity index (χ0v) is 12.0. The van der Waals surface area contributed by atoms with Gasteiger partial charge < -0.3 is 10.5 Å². The van der Waals surface area contributed by atoms with E-state index in [-0.39, 0.29) is 11.7 Å². The Hall–Kier alpha value is -2.36. The maximum atomic E-state index is 12.8. The lowest BCUT2D eigenvalue weighted by Crippen LogP contribution is -2.21. The number of rotatable bonds is 3. The van der Waals surface area contributed by atoms with E-state index in [0.717, 1.165) is 25.0 Å². The van der Waals surface area contributed by atoms with Crippen LogP contribution in [0.5, 0.6) is 5.75 Å². The Labute approximate surface area is 124 Å². The van der Waals surface area contributed by atoms with Crippen LogP contribution in [0.25, 0.3) is 0 Å². The highest BCUT2D eigenvalue weighted by Gasteiger charge is 2.29. The summed E-state index contributed by atoms with van der Waals surface area (Å²) in [7, 11) is 1.58. The van der Waals surface area contributed by atoms with Crippen molar-refractivity contribution in [2.45, 2.75) is 25.2 Å². The van der Waals surface area contributed by atoms with Gasteiger partial charge in [-0.05, 0) is 43.0 Å². The Kier molecular flexibility index (Phi) is 3.60. The van der Waals surface area contributed by atoms with E-state index in [9.17, 15) is 4.79 Å². The first kappa shape index (κ1) is 13.6. The Balaban J connectivity index is 1.97. The quantitative estimate of drug-likeness (QED) is 0.694. The van der Waals surface area contributed by atoms with Crippen molar-refractivity contribution in [1.29, 1.82) is 0 Å². The molecule has 1 aromatic heterocycles. The van der Waals surface area contributed by atoms with Crippen LogP contribution in [-0.4, -0.2) is 17.9 Å². The fourth-order valence-electron chi connectivity index (χ4n) is 2.94. The van der Waals surface area contributed by atoms with Crippen molar-refractivity contribution in [2.75, 3.05) is 12.8 Å². The molecule has 108 valence electrons. The summed E-state index contributed by atoms with van der Waals surface area (Å²) in [5.41, 5.74) is 9.10. The van der Waals surface area contributed by atoms with E-state index in [1.165, 1.54) is 5.56 Å². The van der Waals surface area contributed by atoms with Crippen LogP contribution in [0.2, 0.25) is 0 Å². The molecule has 0 radical (unpaired) electrons. The van der Waals surface area contributed by atoms with Crippen molar-refractivity contribution in [3.05, 3.63) is 53.3 Å². The molecule has 0 fully saturated rings. The van der Waals surface area contributed by atoms with E-state index in [1.54, 1.807) is 31.5 Å². The van der Waals surface area contributed by atoms with Crippen LogP contribution < -0.4 is 10.5 Å². The number of Topliss-reactive ketones (excluding diaryl/α,β-unsaturated/α-hetero) is 1. The molecule has 2 aromatic rings. The number of nitrogens with zero attached hydrogens (tertiary/aromatic N) is 1. The number of methoxy groups -OCH3 is 1. The molecule has 2 N–H and O–H groups in total. The number of ether oxygens (including phenoxy) is 1. The molecule has 1 heterocycles. The van der Waals surface area contributed by atoms with Gasteiger partial charge in [0, 0.05) is 23.5 Å². The number of pyridine rings is 1. The van der Waals surface area contributed by atoms with Gasteiger partial charge in [-0.25, -0.2) is 0 Å². The molecule has 1 aliphatic rings. The van der Waals surface area contributed by atoms with Crippen LogP contribution in [0, 0.1) is 0 Å². The monoisotopic (exact) mass is 282 g/mol. The van der Waals surface area contributed by atoms with Crippen LogP contribution in [0.1, 0.15) is 40.4 Å². The first-order valence-corrected chi connectivity index (χ1v) is 7.12. The summed E-state index contributed by atoms with van der Waals surface area (Å²) < 4.78 is 5.13. The standard InChI is InChI=1S/C17H18N2O2/c1-21-12-7-8-13(15(18)10-12)17(20)14-6-2-4-11-5-3-9-19-16(11)14/h3,5,7-10,14H,2,4,6,18H2,1H3. The summed E-state index contributed by atoms with van der Waals surface area (Å²) in [5, 5.41) is 0. The van der Waals surface area contributed by atoms with E-state index in [4.69, 9.17) is 10.5 Å². The molecule has 1 atom stereocenters. The summed E-state index contributed by atoms with van der Waals surface area (Å²) in [6.07, 6.45) is 4.58. The molecule has 0 spiro atoms. The average molecular weight is 282 g/mol. The normalized spacial score (nSPS) is 17.1. The van der Waals surface area contributed by atoms with Crippen molar-refractivity contribution in [2.24, 2.45) is 0 Å². The number of aromatic nitrogens is 1. The second kappa shape index (κ2) is 5.56. The SMILES string of the molecule is COc1ccc(C(=O)C2CCCc3cccnc32)c(N)c1. The molecule has 0 saturated heterocycles. The Morgan fingerprint density at radius 1 is 1.38 bits per heavy atom. The minimum Gasteiger partial charge on any atom is -0.497 e. The summed E-state index contributed by atoms with van der Waals surface area (Å²) >= 11 is 0. The van der Waals surface area contributed by atoms with E-state index in [2.05, 4.69) is 11.1 Å². The molecular weight excluding hydrogens is 264 g/mol. The number of fused-ring (bicyclic) bond motifs is 1. The van der Waals surface area contributed by atoms with Crippen molar-refractivity contribution in [3.8, 4) is 5.75 Å². The highest BCUT2D eigenvalue weighted by Crippen LogP contribution is 2.34. The molecule has 21 heavy (non-hydrogen) atoms. The molecule has 0 aliphatic heterocycles. The summed E-state index contributed by atoms with van der Waals surface area (Å²) in [6, 6.07) is 9.18. The summed E-state index contributed by atoms with van der Waals surface area (Å²) in [4.78, 5) is 17.2. The average Bonchev–Trinajstić information content (AvgIpc) is 2.53. The highest BCUT2D eigenvalue weighted by molar-refractivity contribution is 6.05. The van der Waals surface area contributed by atoms with Gasteiger partial charge in [-0.15, -0.1) is 0 Å². The number of carbonyl (C=O) groups excluding carboxylic acids is 1. The number of aryl methyl sites for hydroxylation is 1. The topological polar surface area (TPSA) is 65.2 Å². The fraction of sp³-hybridized carbons (Fsp3) is 0.294. The smallest absolute Gasteiger partial charge is 0.173 e. The minimum absolute atomic E-state index is 0.0507. The largest absolute Gasteiger partial charge is 0.497 e. The van der Waals surface area contributed by atoms with Crippen molar-refractivity contribution >= 4 is 11.5 Å². The van der Waals surface area contributed by atoms with Gasteiger partial charge in [-0.1, -0.05) is 6.07 Å². The lowest BCUT2D eigenvalue weighted by Gasteiger charge is -2.23. The Morgan fingerprint density at radius 2 is 2.24 bits per heavy atom. The third-order valence-electron chi connectivity index (χ3n) is 4.04. The number of hydrogen-bond acceptors (Lipinski definition) is 4. The van der Waals surface area contributed by atoms with Crippen molar-refractivity contribution in [3.63, 3.8) is 0 Å². The minimum atomic E-state index is -0.189. The van der Waals surface area contributed by atoms with Crippen molar-refractivity contribution < 1.29 is 9.53 Å². The number of ketones is 1. The molecule has 3 rings (SSSR count). The van der Waals surface area contributed by atoms with Gasteiger partial charge in [0.05, 0.1) is 18.7 Å². The van der Waals surface area contributed by atoms with Gasteiger partial charge in [0.15, 0.2) is 5.78 Å². The van der Waals surface area contributed by atoms with E-state index < -0.39 is 0 Å². The van der Waals surface area contributed by atoms with Crippen molar-refractivity contribution in [1.82, 2.24) is 4.98 Å². The first-order chi connectivity index (χ1) is 10.2. The Bertz CT molecular complexity index is 682. The molecule has 4 heteroatoms. The molecule has 1 aromatic carbocycles. The summed E-state index contributed by atoms with van der Waals surface area (Å²) in [5.74, 6) is 0.520. The third-order valence-corrected chi connectivity index (χ3v) is 4.04. The zero-order chi connectivity index (χ0) is 14.8. The van der Waals surface area contributed by atoms with Gasteiger partial charge in [0.25, 0.3) is 0 Å². The summed E-state index contributed by atoms with van der Waals surface area (Å²) in [6.45, 7) is 0. The lowest BCUT2D eigenvalue weighted by atomic mass is 9.81. The van der Waals surface area contributed by atoms with E-state index >= 15 is 0 Å². The third kappa shape index (κ3) is 2.49. The molecule has 0 amide bonds. The second-order valence-corrected chi connectivity index (χ2v) is 5.31. The van der Waals surface area contributed by atoms with Crippen LogP contribution in [0.15, 0.2) is 36.5 Å². The Morgan fingerprint density at radius 3 is 3.00 bits per heavy atom. The van der Waals surface area contributed by atoms with Gasteiger partial charge in [-0.3, -0.25) is 9.78 Å². The highest BCUT2D eigenvalue weighted by atomic mass is 16.5. The first-order valence-electron chi connectivity index (χ1n) is 7.12. The van der Waals surface area contributed by atoms with Crippen LogP contribution in [0.4, 0.5) is 5.69 Å².